The third kappa shape index (κ3) is 4.71. The SMILES string of the molecule is c1ccc(-c2ccc(N(c3cccc4c3sc3ccccc34)c3cccc4oc5c(-c6cccc7ccccc67)c6ccccc6cc5c34)cc2)cc1. The van der Waals surface area contributed by atoms with Crippen LogP contribution in [0.15, 0.2) is 192 Å². The van der Waals surface area contributed by atoms with Crippen LogP contribution in [0.4, 0.5) is 17.1 Å². The van der Waals surface area contributed by atoms with Crippen molar-refractivity contribution in [1.29, 1.82) is 0 Å². The standard InChI is InChI=1S/C50H31NOS/c1-2-13-32(14-3-1)33-27-29-36(30-28-33)51(44-24-11-22-41-39-20-8-9-26-46(39)53-50(41)44)43-23-12-25-45-48(43)42-31-35-16-5-7-19-38(35)47(49(42)52-45)40-21-10-17-34-15-4-6-18-37(34)40/h1-31H. The number of anilines is 3. The van der Waals surface area contributed by atoms with Gasteiger partial charge in [0.15, 0.2) is 0 Å². The van der Waals surface area contributed by atoms with Crippen LogP contribution in [0.2, 0.25) is 0 Å². The average molecular weight is 694 g/mol. The number of thiophene rings is 1. The molecule has 0 aliphatic carbocycles. The molecule has 0 aliphatic rings. The summed E-state index contributed by atoms with van der Waals surface area (Å²) in [7, 11) is 0. The zero-order valence-electron chi connectivity index (χ0n) is 28.7. The van der Waals surface area contributed by atoms with Crippen LogP contribution in [-0.4, -0.2) is 0 Å². The van der Waals surface area contributed by atoms with Crippen molar-refractivity contribution in [2.24, 2.45) is 0 Å². The van der Waals surface area contributed by atoms with E-state index in [4.69, 9.17) is 4.42 Å². The van der Waals surface area contributed by atoms with Crippen molar-refractivity contribution in [2.45, 2.75) is 0 Å². The van der Waals surface area contributed by atoms with Crippen LogP contribution in [-0.2, 0) is 0 Å². The van der Waals surface area contributed by atoms with Crippen molar-refractivity contribution in [3.05, 3.63) is 188 Å². The molecule has 0 aliphatic heterocycles. The molecular weight excluding hydrogens is 663 g/mol. The topological polar surface area (TPSA) is 16.4 Å². The highest BCUT2D eigenvalue weighted by atomic mass is 32.1. The summed E-state index contributed by atoms with van der Waals surface area (Å²) in [5, 5.41) is 9.54. The Bertz CT molecular complexity index is 3170. The molecule has 53 heavy (non-hydrogen) atoms. The van der Waals surface area contributed by atoms with Crippen LogP contribution in [0, 0.1) is 0 Å². The van der Waals surface area contributed by atoms with Gasteiger partial charge in [-0.25, -0.2) is 0 Å². The van der Waals surface area contributed by atoms with E-state index in [9.17, 15) is 0 Å². The number of furan rings is 1. The third-order valence-corrected chi connectivity index (χ3v) is 11.9. The first-order valence-corrected chi connectivity index (χ1v) is 18.8. The highest BCUT2D eigenvalue weighted by Crippen LogP contribution is 2.50. The van der Waals surface area contributed by atoms with E-state index in [1.54, 1.807) is 0 Å². The monoisotopic (exact) mass is 693 g/mol. The van der Waals surface area contributed by atoms with Gasteiger partial charge in [-0.05, 0) is 80.7 Å². The molecular formula is C50H31NOS. The zero-order valence-corrected chi connectivity index (χ0v) is 29.5. The molecule has 0 radical (unpaired) electrons. The predicted octanol–water partition coefficient (Wildman–Crippen LogP) is 15.1. The summed E-state index contributed by atoms with van der Waals surface area (Å²) in [6.07, 6.45) is 0. The molecule has 0 bridgehead atoms. The number of hydrogen-bond acceptors (Lipinski definition) is 3. The van der Waals surface area contributed by atoms with Gasteiger partial charge in [0.1, 0.15) is 11.2 Å². The van der Waals surface area contributed by atoms with Crippen LogP contribution in [0.3, 0.4) is 0 Å². The number of nitrogens with zero attached hydrogens (tertiary/aromatic N) is 1. The molecule has 0 fully saturated rings. The van der Waals surface area contributed by atoms with E-state index < -0.39 is 0 Å². The normalized spacial score (nSPS) is 11.8. The van der Waals surface area contributed by atoms with Crippen LogP contribution in [0.25, 0.3) is 85.9 Å². The molecule has 248 valence electrons. The summed E-state index contributed by atoms with van der Waals surface area (Å²) in [5.74, 6) is 0. The molecule has 0 amide bonds. The van der Waals surface area contributed by atoms with Gasteiger partial charge in [0.25, 0.3) is 0 Å². The van der Waals surface area contributed by atoms with Gasteiger partial charge < -0.3 is 9.32 Å². The Morgan fingerprint density at radius 2 is 1.08 bits per heavy atom. The zero-order chi connectivity index (χ0) is 34.9. The summed E-state index contributed by atoms with van der Waals surface area (Å²) >= 11 is 1.85. The molecule has 9 aromatic carbocycles. The summed E-state index contributed by atoms with van der Waals surface area (Å²) < 4.78 is 9.59. The summed E-state index contributed by atoms with van der Waals surface area (Å²) in [5.41, 5.74) is 9.78. The molecule has 11 rings (SSSR count). The molecule has 2 nitrogen and oxygen atoms in total. The molecule has 2 aromatic heterocycles. The Labute approximate surface area is 310 Å². The molecule has 0 N–H and O–H groups in total. The predicted molar refractivity (Wildman–Crippen MR) is 227 cm³/mol. The first kappa shape index (κ1) is 30.0. The van der Waals surface area contributed by atoms with Crippen LogP contribution < -0.4 is 4.90 Å². The molecule has 2 heterocycles. The molecule has 0 spiro atoms. The van der Waals surface area contributed by atoms with E-state index >= 15 is 0 Å². The Kier molecular flexibility index (Phi) is 6.76. The van der Waals surface area contributed by atoms with Gasteiger partial charge in [-0.3, -0.25) is 0 Å². The van der Waals surface area contributed by atoms with Crippen molar-refractivity contribution < 1.29 is 4.42 Å². The third-order valence-electron chi connectivity index (χ3n) is 10.6. The van der Waals surface area contributed by atoms with Gasteiger partial charge in [-0.1, -0.05) is 146 Å². The van der Waals surface area contributed by atoms with Crippen LogP contribution >= 0.6 is 11.3 Å². The van der Waals surface area contributed by atoms with Crippen molar-refractivity contribution in [1.82, 2.24) is 0 Å². The van der Waals surface area contributed by atoms with Gasteiger partial charge in [-0.15, -0.1) is 11.3 Å². The Balaban J connectivity index is 1.23. The van der Waals surface area contributed by atoms with Gasteiger partial charge >= 0.3 is 0 Å². The van der Waals surface area contributed by atoms with Gasteiger partial charge in [0.05, 0.1) is 21.5 Å². The second kappa shape index (κ2) is 11.9. The minimum absolute atomic E-state index is 0.865. The highest BCUT2D eigenvalue weighted by Gasteiger charge is 2.25. The maximum atomic E-state index is 7.05. The first-order chi connectivity index (χ1) is 26.3. The lowest BCUT2D eigenvalue weighted by atomic mass is 9.92. The molecule has 3 heteroatoms. The Morgan fingerprint density at radius 1 is 0.434 bits per heavy atom. The maximum Gasteiger partial charge on any atom is 0.143 e. The minimum Gasteiger partial charge on any atom is -0.455 e. The molecule has 11 aromatic rings. The van der Waals surface area contributed by atoms with E-state index in [2.05, 4.69) is 193 Å². The number of hydrogen-bond donors (Lipinski definition) is 0. The van der Waals surface area contributed by atoms with Gasteiger partial charge in [0.2, 0.25) is 0 Å². The fourth-order valence-corrected chi connectivity index (χ4v) is 9.46. The lowest BCUT2D eigenvalue weighted by molar-refractivity contribution is 0.670. The van der Waals surface area contributed by atoms with Crippen molar-refractivity contribution in [2.75, 3.05) is 4.90 Å². The quantitative estimate of drug-likeness (QED) is 0.178. The average Bonchev–Trinajstić information content (AvgIpc) is 3.80. The largest absolute Gasteiger partial charge is 0.455 e. The fourth-order valence-electron chi connectivity index (χ4n) is 8.25. The number of rotatable bonds is 5. The lowest BCUT2D eigenvalue weighted by Gasteiger charge is -2.27. The molecule has 0 unspecified atom stereocenters. The van der Waals surface area contributed by atoms with E-state index in [1.165, 1.54) is 58.4 Å². The van der Waals surface area contributed by atoms with E-state index in [0.717, 1.165) is 44.6 Å². The van der Waals surface area contributed by atoms with Crippen molar-refractivity contribution >= 4 is 92.1 Å². The summed E-state index contributed by atoms with van der Waals surface area (Å²) in [4.78, 5) is 2.44. The number of benzene rings is 9. The maximum absolute atomic E-state index is 7.05. The molecule has 0 atom stereocenters. The van der Waals surface area contributed by atoms with Gasteiger partial charge in [0, 0.05) is 32.1 Å². The smallest absolute Gasteiger partial charge is 0.143 e. The second-order valence-corrected chi connectivity index (χ2v) is 14.7. The minimum atomic E-state index is 0.865. The van der Waals surface area contributed by atoms with Crippen molar-refractivity contribution in [3.63, 3.8) is 0 Å². The molecule has 0 saturated heterocycles. The van der Waals surface area contributed by atoms with E-state index in [1.807, 2.05) is 11.3 Å². The fraction of sp³-hybridized carbons (Fsp3) is 0. The van der Waals surface area contributed by atoms with Crippen LogP contribution in [0.1, 0.15) is 0 Å². The van der Waals surface area contributed by atoms with Gasteiger partial charge in [-0.2, -0.15) is 0 Å². The summed E-state index contributed by atoms with van der Waals surface area (Å²) in [6.45, 7) is 0. The Morgan fingerprint density at radius 3 is 1.94 bits per heavy atom. The lowest BCUT2D eigenvalue weighted by Crippen LogP contribution is -2.10. The highest BCUT2D eigenvalue weighted by molar-refractivity contribution is 7.26. The van der Waals surface area contributed by atoms with Crippen molar-refractivity contribution in [3.8, 4) is 22.3 Å². The Hall–Kier alpha value is -6.68. The molecule has 0 saturated carbocycles. The number of fused-ring (bicyclic) bond motifs is 8. The van der Waals surface area contributed by atoms with E-state index in [-0.39, 0.29) is 0 Å². The second-order valence-electron chi connectivity index (χ2n) is 13.6. The van der Waals surface area contributed by atoms with Crippen LogP contribution in [0.5, 0.6) is 0 Å². The summed E-state index contributed by atoms with van der Waals surface area (Å²) in [6, 6.07) is 67.8. The van der Waals surface area contributed by atoms with E-state index in [0.29, 0.717) is 0 Å². The first-order valence-electron chi connectivity index (χ1n) is 18.0.